The van der Waals surface area contributed by atoms with Gasteiger partial charge in [0.1, 0.15) is 0 Å². The van der Waals surface area contributed by atoms with Gasteiger partial charge in [-0.15, -0.1) is 0 Å². The molecule has 15 heavy (non-hydrogen) atoms. The molecule has 0 aromatic rings. The van der Waals surface area contributed by atoms with Gasteiger partial charge in [0.25, 0.3) is 0 Å². The van der Waals surface area contributed by atoms with Crippen molar-refractivity contribution in [2.75, 3.05) is 0 Å². The molecule has 80 valence electrons. The first kappa shape index (κ1) is 13.4. The van der Waals surface area contributed by atoms with Crippen molar-refractivity contribution in [1.82, 2.24) is 0 Å². The molecule has 0 aliphatic rings. The Hall–Kier alpha value is -1.56. The molecule has 0 fully saturated rings. The Labute approximate surface area is 93.7 Å². The predicted molar refractivity (Wildman–Crippen MR) is 70.8 cm³/mol. The first-order valence-corrected chi connectivity index (χ1v) is 5.17. The van der Waals surface area contributed by atoms with Crippen molar-refractivity contribution in [2.24, 2.45) is 0 Å². The number of hydrogen-bond acceptors (Lipinski definition) is 0. The van der Waals surface area contributed by atoms with Gasteiger partial charge in [-0.25, -0.2) is 0 Å². The van der Waals surface area contributed by atoms with Crippen LogP contribution in [0.4, 0.5) is 0 Å². The Kier molecular flexibility index (Phi) is 8.08. The third-order valence-electron chi connectivity index (χ3n) is 2.04. The minimum atomic E-state index is 0.946. The highest BCUT2D eigenvalue weighted by molar-refractivity contribution is 5.32. The normalized spacial score (nSPS) is 13.7. The molecule has 0 spiro atoms. The number of rotatable bonds is 6. The third-order valence-corrected chi connectivity index (χ3v) is 2.04. The molecule has 0 saturated carbocycles. The summed E-state index contributed by atoms with van der Waals surface area (Å²) in [6, 6.07) is 0. The second kappa shape index (κ2) is 9.01. The van der Waals surface area contributed by atoms with Crippen LogP contribution >= 0.6 is 0 Å². The van der Waals surface area contributed by atoms with Crippen LogP contribution in [0.5, 0.6) is 0 Å². The lowest BCUT2D eigenvalue weighted by Gasteiger charge is -2.02. The summed E-state index contributed by atoms with van der Waals surface area (Å²) >= 11 is 0. The van der Waals surface area contributed by atoms with Crippen LogP contribution in [0, 0.1) is 0 Å². The lowest BCUT2D eigenvalue weighted by atomic mass is 10.0. The summed E-state index contributed by atoms with van der Waals surface area (Å²) in [6.07, 6.45) is 16.8. The molecule has 0 aliphatic carbocycles. The zero-order chi connectivity index (χ0) is 11.5. The van der Waals surface area contributed by atoms with Crippen LogP contribution in [0.3, 0.4) is 0 Å². The molecule has 0 aliphatic heterocycles. The average molecular weight is 200 g/mol. The molecule has 0 saturated heterocycles. The maximum absolute atomic E-state index is 3.66. The summed E-state index contributed by atoms with van der Waals surface area (Å²) < 4.78 is 0. The van der Waals surface area contributed by atoms with Gasteiger partial charge in [0.15, 0.2) is 0 Å². The van der Waals surface area contributed by atoms with Crippen molar-refractivity contribution in [1.29, 1.82) is 0 Å². The van der Waals surface area contributed by atoms with E-state index >= 15 is 0 Å². The van der Waals surface area contributed by atoms with E-state index in [1.165, 1.54) is 11.1 Å². The summed E-state index contributed by atoms with van der Waals surface area (Å²) in [5.41, 5.74) is 2.58. The van der Waals surface area contributed by atoms with Crippen molar-refractivity contribution in [2.45, 2.75) is 20.3 Å². The van der Waals surface area contributed by atoms with Gasteiger partial charge in [0, 0.05) is 0 Å². The second-order valence-electron chi connectivity index (χ2n) is 3.09. The molecular formula is C15H20. The highest BCUT2D eigenvalue weighted by atomic mass is 14.0. The first-order chi connectivity index (χ1) is 7.28. The Bertz CT molecular complexity index is 277. The quantitative estimate of drug-likeness (QED) is 0.543. The molecule has 0 unspecified atom stereocenters. The van der Waals surface area contributed by atoms with Crippen LogP contribution in [0.1, 0.15) is 20.3 Å². The number of allylic oxidation sites excluding steroid dienone is 10. The lowest BCUT2D eigenvalue weighted by molar-refractivity contribution is 1.19. The maximum atomic E-state index is 3.66. The van der Waals surface area contributed by atoms with Crippen LogP contribution in [-0.2, 0) is 0 Å². The van der Waals surface area contributed by atoms with Crippen LogP contribution < -0.4 is 0 Å². The van der Waals surface area contributed by atoms with Gasteiger partial charge in [-0.2, -0.15) is 0 Å². The SMILES string of the molecule is C=C/C=C\C(=C/C)CC(/C=C\C=C)=C/C. The molecule has 0 atom stereocenters. The van der Waals surface area contributed by atoms with E-state index in [4.69, 9.17) is 0 Å². The molecule has 0 nitrogen and oxygen atoms in total. The fraction of sp³-hybridized carbons (Fsp3) is 0.200. The summed E-state index contributed by atoms with van der Waals surface area (Å²) in [4.78, 5) is 0. The smallest absolute Gasteiger partial charge is 0.00323 e. The van der Waals surface area contributed by atoms with E-state index in [9.17, 15) is 0 Å². The topological polar surface area (TPSA) is 0 Å². The van der Waals surface area contributed by atoms with E-state index < -0.39 is 0 Å². The third kappa shape index (κ3) is 6.50. The molecule has 0 heteroatoms. The molecule has 0 aromatic carbocycles. The molecule has 0 rings (SSSR count). The summed E-state index contributed by atoms with van der Waals surface area (Å²) in [6.45, 7) is 11.4. The first-order valence-electron chi connectivity index (χ1n) is 5.17. The standard InChI is InChI=1S/C15H20/c1-5-9-11-14(7-3)13-15(8-4)12-10-6-2/h5-12H,1-2,13H2,3-4H3/b11-9-,12-10-,14-7+,15-8+. The maximum Gasteiger partial charge on any atom is -0.00323 e. The van der Waals surface area contributed by atoms with Gasteiger partial charge in [0.2, 0.25) is 0 Å². The second-order valence-corrected chi connectivity index (χ2v) is 3.09. The molecule has 0 N–H and O–H groups in total. The molecular weight excluding hydrogens is 180 g/mol. The van der Waals surface area contributed by atoms with Crippen LogP contribution in [0.25, 0.3) is 0 Å². The lowest BCUT2D eigenvalue weighted by Crippen LogP contribution is -1.82. The predicted octanol–water partition coefficient (Wildman–Crippen LogP) is 4.75. The Morgan fingerprint density at radius 2 is 1.27 bits per heavy atom. The van der Waals surface area contributed by atoms with Gasteiger partial charge < -0.3 is 0 Å². The molecule has 0 amide bonds. The van der Waals surface area contributed by atoms with Crippen molar-refractivity contribution in [3.8, 4) is 0 Å². The minimum Gasteiger partial charge on any atom is -0.0991 e. The van der Waals surface area contributed by atoms with Gasteiger partial charge >= 0.3 is 0 Å². The van der Waals surface area contributed by atoms with Crippen LogP contribution in [0.15, 0.2) is 72.9 Å². The summed E-state index contributed by atoms with van der Waals surface area (Å²) in [5, 5.41) is 0. The monoisotopic (exact) mass is 200 g/mol. The van der Waals surface area contributed by atoms with Crippen molar-refractivity contribution >= 4 is 0 Å². The molecule has 0 heterocycles. The largest absolute Gasteiger partial charge is 0.0991 e. The highest BCUT2D eigenvalue weighted by Crippen LogP contribution is 2.13. The summed E-state index contributed by atoms with van der Waals surface area (Å²) in [7, 11) is 0. The van der Waals surface area contributed by atoms with E-state index in [1.807, 2.05) is 26.0 Å². The minimum absolute atomic E-state index is 0.946. The average Bonchev–Trinajstić information content (AvgIpc) is 2.28. The van der Waals surface area contributed by atoms with Gasteiger partial charge in [-0.1, -0.05) is 61.8 Å². The highest BCUT2D eigenvalue weighted by Gasteiger charge is 1.94. The van der Waals surface area contributed by atoms with Gasteiger partial charge in [-0.3, -0.25) is 0 Å². The van der Waals surface area contributed by atoms with E-state index in [-0.39, 0.29) is 0 Å². The molecule has 0 radical (unpaired) electrons. The fourth-order valence-electron chi connectivity index (χ4n) is 1.13. The molecule has 0 aromatic heterocycles. The molecule has 0 bridgehead atoms. The zero-order valence-electron chi connectivity index (χ0n) is 9.74. The summed E-state index contributed by atoms with van der Waals surface area (Å²) in [5.74, 6) is 0. The van der Waals surface area contributed by atoms with Crippen LogP contribution in [0.2, 0.25) is 0 Å². The Morgan fingerprint density at radius 3 is 1.53 bits per heavy atom. The van der Waals surface area contributed by atoms with E-state index in [0.29, 0.717) is 0 Å². The Morgan fingerprint density at radius 1 is 0.867 bits per heavy atom. The van der Waals surface area contributed by atoms with Gasteiger partial charge in [-0.05, 0) is 31.4 Å². The van der Waals surface area contributed by atoms with Crippen molar-refractivity contribution < 1.29 is 0 Å². The van der Waals surface area contributed by atoms with E-state index in [2.05, 4.69) is 37.5 Å². The Balaban J connectivity index is 4.52. The zero-order valence-corrected chi connectivity index (χ0v) is 9.74. The van der Waals surface area contributed by atoms with Crippen molar-refractivity contribution in [3.05, 3.63) is 72.9 Å². The number of hydrogen-bond donors (Lipinski definition) is 0. The van der Waals surface area contributed by atoms with Crippen LogP contribution in [-0.4, -0.2) is 0 Å². The van der Waals surface area contributed by atoms with Gasteiger partial charge in [0.05, 0.1) is 0 Å². The van der Waals surface area contributed by atoms with E-state index in [0.717, 1.165) is 6.42 Å². The van der Waals surface area contributed by atoms with E-state index in [1.54, 1.807) is 12.2 Å². The fourth-order valence-corrected chi connectivity index (χ4v) is 1.13. The van der Waals surface area contributed by atoms with Crippen molar-refractivity contribution in [3.63, 3.8) is 0 Å².